The third kappa shape index (κ3) is 77.4. The standard InChI is InChI=1S/C85H165NO8/c1-6-8-10-12-14-16-18-20-22-24-26-28-30-32-34-36-38-40-41-42-44-45-47-49-51-53-55-57-59-61-63-65-67-69-71-73-75-82(87)92-79-81(80-93-85(84(89)90)91-78-77-86(3,4)5)94-83(88)76-74-72-70-68-66-64-62-60-58-56-54-52-50-48-46-43-39-37-35-33-31-29-27-25-23-21-19-17-15-13-11-9-7-2/h25,27,81,85H,6-24,26,28-80H2,1-5H3/b27-25-. The minimum absolute atomic E-state index is 0.153. The predicted octanol–water partition coefficient (Wildman–Crippen LogP) is 25.8. The quantitative estimate of drug-likeness (QED) is 0.0195. The molecule has 0 bridgehead atoms. The van der Waals surface area contributed by atoms with Crippen LogP contribution in [0.1, 0.15) is 457 Å². The normalized spacial score (nSPS) is 12.6. The molecule has 0 aliphatic carbocycles. The van der Waals surface area contributed by atoms with Crippen molar-refractivity contribution < 1.29 is 42.9 Å². The van der Waals surface area contributed by atoms with E-state index in [4.69, 9.17) is 18.9 Å². The molecule has 0 aromatic rings. The van der Waals surface area contributed by atoms with Crippen LogP contribution in [-0.2, 0) is 33.3 Å². The zero-order valence-corrected chi connectivity index (χ0v) is 64.1. The summed E-state index contributed by atoms with van der Waals surface area (Å²) in [5.74, 6) is -2.24. The van der Waals surface area contributed by atoms with Gasteiger partial charge in [0.2, 0.25) is 0 Å². The minimum atomic E-state index is -1.62. The SMILES string of the molecule is CCCCCCCCCC/C=C\CCCCCCCCCCCCCCCCCCCCCCCC(=O)OC(COC(=O)CCCCCCCCCCCCCCCCCCCCCCCCCCCCCCCCCCCCCC)COC(OCC[N+](C)(C)C)C(=O)[O-]. The number of unbranched alkanes of at least 4 members (excludes halogenated alkanes) is 64. The van der Waals surface area contributed by atoms with Crippen molar-refractivity contribution in [2.45, 2.75) is 469 Å². The third-order valence-corrected chi connectivity index (χ3v) is 19.8. The van der Waals surface area contributed by atoms with E-state index in [9.17, 15) is 19.5 Å². The van der Waals surface area contributed by atoms with Crippen LogP contribution < -0.4 is 5.11 Å². The number of quaternary nitrogens is 1. The summed E-state index contributed by atoms with van der Waals surface area (Å²) in [6.45, 7) is 4.85. The van der Waals surface area contributed by atoms with Gasteiger partial charge in [0.25, 0.3) is 0 Å². The monoisotopic (exact) mass is 1330 g/mol. The number of carboxylic acids is 1. The number of rotatable bonds is 81. The molecule has 0 saturated carbocycles. The number of aliphatic carboxylic acids is 1. The van der Waals surface area contributed by atoms with Gasteiger partial charge in [-0.1, -0.05) is 418 Å². The van der Waals surface area contributed by atoms with Gasteiger partial charge in [-0.3, -0.25) is 9.59 Å². The van der Waals surface area contributed by atoms with Gasteiger partial charge in [0.15, 0.2) is 12.4 Å². The van der Waals surface area contributed by atoms with Crippen molar-refractivity contribution in [1.82, 2.24) is 0 Å². The largest absolute Gasteiger partial charge is 0.545 e. The molecular formula is C85H165NO8. The van der Waals surface area contributed by atoms with Gasteiger partial charge in [0.05, 0.1) is 40.3 Å². The number of carbonyl (C=O) groups excluding carboxylic acids is 3. The average molecular weight is 1330 g/mol. The van der Waals surface area contributed by atoms with Crippen molar-refractivity contribution in [2.24, 2.45) is 0 Å². The van der Waals surface area contributed by atoms with Crippen molar-refractivity contribution in [3.05, 3.63) is 12.2 Å². The van der Waals surface area contributed by atoms with Gasteiger partial charge >= 0.3 is 11.9 Å². The Bertz CT molecular complexity index is 1550. The molecule has 0 spiro atoms. The molecule has 0 rings (SSSR count). The lowest BCUT2D eigenvalue weighted by atomic mass is 10.0. The Morgan fingerprint density at radius 2 is 0.543 bits per heavy atom. The Balaban J connectivity index is 3.92. The molecule has 0 amide bonds. The summed E-state index contributed by atoms with van der Waals surface area (Å²) >= 11 is 0. The number of allylic oxidation sites excluding steroid dienone is 2. The van der Waals surface area contributed by atoms with Gasteiger partial charge in [0.1, 0.15) is 13.2 Å². The molecule has 0 radical (unpaired) electrons. The van der Waals surface area contributed by atoms with Crippen LogP contribution in [0.5, 0.6) is 0 Å². The number of hydrogen-bond acceptors (Lipinski definition) is 8. The summed E-state index contributed by atoms with van der Waals surface area (Å²) in [6, 6.07) is 0. The maximum atomic E-state index is 13.0. The van der Waals surface area contributed by atoms with E-state index in [1.165, 1.54) is 392 Å². The molecule has 0 heterocycles. The van der Waals surface area contributed by atoms with Gasteiger partial charge in [-0.2, -0.15) is 0 Å². The first-order valence-electron chi connectivity index (χ1n) is 42.3. The highest BCUT2D eigenvalue weighted by Gasteiger charge is 2.22. The molecule has 0 aliphatic heterocycles. The fraction of sp³-hybridized carbons (Fsp3) is 0.941. The fourth-order valence-corrected chi connectivity index (χ4v) is 13.3. The summed E-state index contributed by atoms with van der Waals surface area (Å²) in [5.41, 5.74) is 0. The summed E-state index contributed by atoms with van der Waals surface area (Å²) in [4.78, 5) is 37.6. The van der Waals surface area contributed by atoms with Crippen LogP contribution in [0.25, 0.3) is 0 Å². The van der Waals surface area contributed by atoms with Crippen LogP contribution in [0.3, 0.4) is 0 Å². The molecule has 0 aromatic heterocycles. The van der Waals surface area contributed by atoms with E-state index in [-0.39, 0.29) is 32.2 Å². The number of likely N-dealkylation sites (N-methyl/N-ethyl adjacent to an activating group) is 1. The molecule has 0 N–H and O–H groups in total. The van der Waals surface area contributed by atoms with Crippen molar-refractivity contribution in [1.29, 1.82) is 0 Å². The van der Waals surface area contributed by atoms with Gasteiger partial charge in [-0.15, -0.1) is 0 Å². The van der Waals surface area contributed by atoms with Gasteiger partial charge in [0, 0.05) is 12.8 Å². The zero-order chi connectivity index (χ0) is 68.2. The second-order valence-electron chi connectivity index (χ2n) is 30.5. The van der Waals surface area contributed by atoms with Gasteiger partial charge in [-0.05, 0) is 38.5 Å². The Morgan fingerprint density at radius 1 is 0.309 bits per heavy atom. The number of esters is 2. The van der Waals surface area contributed by atoms with Crippen LogP contribution in [0, 0.1) is 0 Å². The third-order valence-electron chi connectivity index (χ3n) is 19.8. The van der Waals surface area contributed by atoms with Crippen molar-refractivity contribution >= 4 is 17.9 Å². The van der Waals surface area contributed by atoms with E-state index >= 15 is 0 Å². The first-order valence-corrected chi connectivity index (χ1v) is 42.3. The summed E-state index contributed by atoms with van der Waals surface area (Å²) in [5, 5.41) is 11.9. The van der Waals surface area contributed by atoms with Gasteiger partial charge in [-0.25, -0.2) is 0 Å². The second kappa shape index (κ2) is 76.8. The highest BCUT2D eigenvalue weighted by molar-refractivity contribution is 5.70. The van der Waals surface area contributed by atoms with Crippen molar-refractivity contribution in [2.75, 3.05) is 47.5 Å². The Labute approximate surface area is 586 Å². The first kappa shape index (κ1) is 92.0. The predicted molar refractivity (Wildman–Crippen MR) is 403 cm³/mol. The Hall–Kier alpha value is -1.97. The lowest BCUT2D eigenvalue weighted by Gasteiger charge is -2.26. The van der Waals surface area contributed by atoms with E-state index in [0.717, 1.165) is 38.5 Å². The average Bonchev–Trinajstić information content (AvgIpc) is 3.35. The second-order valence-corrected chi connectivity index (χ2v) is 30.5. The fourth-order valence-electron chi connectivity index (χ4n) is 13.3. The molecular weight excluding hydrogens is 1160 g/mol. The number of ether oxygens (including phenoxy) is 4. The maximum Gasteiger partial charge on any atom is 0.306 e. The topological polar surface area (TPSA) is 111 Å². The first-order chi connectivity index (χ1) is 46.1. The lowest BCUT2D eigenvalue weighted by molar-refractivity contribution is -0.870. The van der Waals surface area contributed by atoms with Crippen LogP contribution >= 0.6 is 0 Å². The van der Waals surface area contributed by atoms with E-state index in [1.54, 1.807) is 0 Å². The smallest absolute Gasteiger partial charge is 0.306 e. The molecule has 558 valence electrons. The van der Waals surface area contributed by atoms with E-state index in [1.807, 2.05) is 21.1 Å². The molecule has 0 aromatic carbocycles. The van der Waals surface area contributed by atoms with Gasteiger partial charge < -0.3 is 33.3 Å². The highest BCUT2D eigenvalue weighted by Crippen LogP contribution is 2.21. The molecule has 2 unspecified atom stereocenters. The van der Waals surface area contributed by atoms with E-state index in [0.29, 0.717) is 17.4 Å². The van der Waals surface area contributed by atoms with Crippen LogP contribution in [0.15, 0.2) is 12.2 Å². The number of hydrogen-bond donors (Lipinski definition) is 0. The van der Waals surface area contributed by atoms with Crippen molar-refractivity contribution in [3.63, 3.8) is 0 Å². The highest BCUT2D eigenvalue weighted by atomic mass is 16.7. The molecule has 0 aliphatic rings. The minimum Gasteiger partial charge on any atom is -0.545 e. The molecule has 0 fully saturated rings. The number of carboxylic acid groups (broad SMARTS) is 1. The zero-order valence-electron chi connectivity index (χ0n) is 64.1. The Kier molecular flexibility index (Phi) is 75.2. The summed E-state index contributed by atoms with van der Waals surface area (Å²) < 4.78 is 22.9. The van der Waals surface area contributed by atoms with Crippen molar-refractivity contribution in [3.8, 4) is 0 Å². The van der Waals surface area contributed by atoms with E-state index in [2.05, 4.69) is 26.0 Å². The molecule has 94 heavy (non-hydrogen) atoms. The summed E-state index contributed by atoms with van der Waals surface area (Å²) in [6.07, 6.45) is 93.7. The van der Waals surface area contributed by atoms with Crippen LogP contribution in [-0.4, -0.2) is 82.3 Å². The molecule has 9 nitrogen and oxygen atoms in total. The number of nitrogens with zero attached hydrogens (tertiary/aromatic N) is 1. The van der Waals surface area contributed by atoms with E-state index < -0.39 is 24.3 Å². The summed E-state index contributed by atoms with van der Waals surface area (Å²) in [7, 11) is 5.96. The van der Waals surface area contributed by atoms with Crippen LogP contribution in [0.4, 0.5) is 0 Å². The Morgan fingerprint density at radius 3 is 0.787 bits per heavy atom. The number of carbonyl (C=O) groups is 3. The molecule has 2 atom stereocenters. The molecule has 0 saturated heterocycles. The molecule has 9 heteroatoms. The van der Waals surface area contributed by atoms with Crippen LogP contribution in [0.2, 0.25) is 0 Å². The maximum absolute atomic E-state index is 13.0. The lowest BCUT2D eigenvalue weighted by Crippen LogP contribution is -2.44.